The van der Waals surface area contributed by atoms with Gasteiger partial charge < -0.3 is 9.84 Å². The summed E-state index contributed by atoms with van der Waals surface area (Å²) < 4.78 is 19.7. The maximum Gasteiger partial charge on any atom is 0.337 e. The zero-order valence-corrected chi connectivity index (χ0v) is 12.2. The number of aromatic nitrogens is 2. The molecule has 0 saturated carbocycles. The first-order chi connectivity index (χ1) is 10.5. The molecular weight excluding hydrogens is 287 g/mol. The largest absolute Gasteiger partial charge is 0.497 e. The number of carboxylic acid groups (broad SMARTS) is 1. The molecule has 0 unspecified atom stereocenters. The smallest absolute Gasteiger partial charge is 0.337 e. The Morgan fingerprint density at radius 2 is 1.86 bits per heavy atom. The number of nitrogens with zero attached hydrogens (tertiary/aromatic N) is 2. The van der Waals surface area contributed by atoms with Gasteiger partial charge in [-0.05, 0) is 42.5 Å². The molecule has 0 fully saturated rings. The summed E-state index contributed by atoms with van der Waals surface area (Å²) in [7, 11) is 3.15. The summed E-state index contributed by atoms with van der Waals surface area (Å²) >= 11 is 0. The van der Waals surface area contributed by atoms with Crippen molar-refractivity contribution in [2.45, 2.75) is 0 Å². The highest BCUT2D eigenvalue weighted by molar-refractivity contribution is 5.94. The van der Waals surface area contributed by atoms with Gasteiger partial charge in [-0.3, -0.25) is 4.68 Å². The van der Waals surface area contributed by atoms with E-state index in [0.29, 0.717) is 11.3 Å². The topological polar surface area (TPSA) is 64.3 Å². The normalized spacial score (nSPS) is 9.95. The molecule has 6 heteroatoms. The number of aryl methyl sites for hydroxylation is 1. The molecule has 22 heavy (non-hydrogen) atoms. The van der Waals surface area contributed by atoms with Gasteiger partial charge in [0.25, 0.3) is 0 Å². The van der Waals surface area contributed by atoms with Crippen molar-refractivity contribution in [3.05, 3.63) is 60.0 Å². The fourth-order valence-electron chi connectivity index (χ4n) is 1.86. The Bertz CT molecular complexity index is 738. The fourth-order valence-corrected chi connectivity index (χ4v) is 1.86. The highest BCUT2D eigenvalue weighted by Crippen LogP contribution is 2.21. The monoisotopic (exact) mass is 302 g/mol. The molecule has 2 aromatic rings. The van der Waals surface area contributed by atoms with Crippen molar-refractivity contribution in [1.82, 2.24) is 9.78 Å². The van der Waals surface area contributed by atoms with Gasteiger partial charge in [0, 0.05) is 18.8 Å². The number of hydrogen-bond donors (Lipinski definition) is 1. The number of ether oxygens (including phenoxy) is 1. The van der Waals surface area contributed by atoms with Crippen molar-refractivity contribution < 1.29 is 19.0 Å². The molecule has 0 saturated heterocycles. The molecule has 1 aromatic heterocycles. The Hall–Kier alpha value is -2.89. The van der Waals surface area contributed by atoms with E-state index in [9.17, 15) is 14.3 Å². The highest BCUT2D eigenvalue weighted by atomic mass is 19.1. The maximum absolute atomic E-state index is 13.1. The van der Waals surface area contributed by atoms with Gasteiger partial charge in [0.1, 0.15) is 17.3 Å². The van der Waals surface area contributed by atoms with Gasteiger partial charge in [0.15, 0.2) is 0 Å². The Morgan fingerprint density at radius 1 is 1.18 bits per heavy atom. The zero-order chi connectivity index (χ0) is 16.1. The molecule has 1 N–H and O–H groups in total. The third-order valence-electron chi connectivity index (χ3n) is 2.97. The second kappa shape index (κ2) is 6.71. The Morgan fingerprint density at radius 3 is 2.45 bits per heavy atom. The summed E-state index contributed by atoms with van der Waals surface area (Å²) in [4.78, 5) is 11.6. The van der Waals surface area contributed by atoms with Crippen LogP contribution in [0.3, 0.4) is 0 Å². The second-order valence-corrected chi connectivity index (χ2v) is 4.50. The molecule has 0 atom stereocenters. The molecule has 0 aliphatic carbocycles. The zero-order valence-electron chi connectivity index (χ0n) is 12.2. The Balaban J connectivity index is 2.80. The summed E-state index contributed by atoms with van der Waals surface area (Å²) in [6, 6.07) is 10.1. The van der Waals surface area contributed by atoms with Crippen LogP contribution >= 0.6 is 0 Å². The first-order valence-corrected chi connectivity index (χ1v) is 6.46. The minimum Gasteiger partial charge on any atom is -0.497 e. The van der Waals surface area contributed by atoms with Crippen LogP contribution in [0.15, 0.2) is 48.7 Å². The van der Waals surface area contributed by atoms with Gasteiger partial charge in [-0.15, -0.1) is 0 Å². The molecule has 0 bridgehead atoms. The molecule has 1 heterocycles. The molecule has 2 rings (SSSR count). The van der Waals surface area contributed by atoms with E-state index >= 15 is 0 Å². The van der Waals surface area contributed by atoms with Crippen LogP contribution in [-0.2, 0) is 7.05 Å². The summed E-state index contributed by atoms with van der Waals surface area (Å²) in [6.45, 7) is 0. The van der Waals surface area contributed by atoms with Crippen LogP contribution in [-0.4, -0.2) is 28.0 Å². The quantitative estimate of drug-likeness (QED) is 0.946. The van der Waals surface area contributed by atoms with E-state index in [2.05, 4.69) is 5.10 Å². The van der Waals surface area contributed by atoms with Crippen LogP contribution in [0.2, 0.25) is 0 Å². The third-order valence-corrected chi connectivity index (χ3v) is 2.97. The fraction of sp³-hybridized carbons (Fsp3) is 0.125. The van der Waals surface area contributed by atoms with Gasteiger partial charge in [0.05, 0.1) is 12.7 Å². The number of halogens is 1. The van der Waals surface area contributed by atoms with Crippen molar-refractivity contribution in [2.75, 3.05) is 7.11 Å². The average molecular weight is 302 g/mol. The predicted octanol–water partition coefficient (Wildman–Crippen LogP) is 3.06. The number of carbonyl (C=O) groups is 1. The van der Waals surface area contributed by atoms with E-state index < -0.39 is 11.8 Å². The second-order valence-electron chi connectivity index (χ2n) is 4.50. The van der Waals surface area contributed by atoms with Crippen LogP contribution in [0.5, 0.6) is 5.75 Å². The van der Waals surface area contributed by atoms with Crippen molar-refractivity contribution in [3.63, 3.8) is 0 Å². The Labute approximate surface area is 126 Å². The molecule has 0 aliphatic heterocycles. The van der Waals surface area contributed by atoms with E-state index in [1.54, 1.807) is 19.3 Å². The molecule has 0 amide bonds. The lowest BCUT2D eigenvalue weighted by atomic mass is 10.1. The number of aromatic carboxylic acids is 1. The molecular formula is C16H15FN2O3. The van der Waals surface area contributed by atoms with Gasteiger partial charge in [-0.2, -0.15) is 5.10 Å². The Kier molecular flexibility index (Phi) is 4.73. The van der Waals surface area contributed by atoms with Gasteiger partial charge in [-0.25, -0.2) is 9.18 Å². The van der Waals surface area contributed by atoms with Crippen LogP contribution in [0.25, 0.3) is 11.3 Å². The lowest BCUT2D eigenvalue weighted by molar-refractivity contribution is 0.0697. The number of carboxylic acids is 1. The number of benzene rings is 1. The summed E-state index contributed by atoms with van der Waals surface area (Å²) in [6.07, 6.45) is 1.64. The lowest BCUT2D eigenvalue weighted by Gasteiger charge is -2.04. The van der Waals surface area contributed by atoms with Crippen molar-refractivity contribution in [2.24, 2.45) is 7.05 Å². The minimum absolute atomic E-state index is 0.0169. The molecule has 0 aliphatic rings. The van der Waals surface area contributed by atoms with E-state index in [1.165, 1.54) is 48.2 Å². The summed E-state index contributed by atoms with van der Waals surface area (Å²) in [5.41, 5.74) is 0.717. The van der Waals surface area contributed by atoms with Crippen LogP contribution in [0, 0.1) is 5.82 Å². The predicted molar refractivity (Wildman–Crippen MR) is 79.7 cm³/mol. The van der Waals surface area contributed by atoms with Crippen LogP contribution in [0.4, 0.5) is 4.39 Å². The summed E-state index contributed by atoms with van der Waals surface area (Å²) in [5, 5.41) is 13.7. The number of rotatable bonds is 3. The van der Waals surface area contributed by atoms with Crippen molar-refractivity contribution in [3.8, 4) is 17.0 Å². The lowest BCUT2D eigenvalue weighted by Crippen LogP contribution is -2.03. The number of hydrogen-bond acceptors (Lipinski definition) is 3. The molecule has 5 nitrogen and oxygen atoms in total. The van der Waals surface area contributed by atoms with Crippen LogP contribution < -0.4 is 4.74 Å². The number of methoxy groups -OCH3 is 1. The first-order valence-electron chi connectivity index (χ1n) is 6.46. The molecule has 114 valence electrons. The van der Waals surface area contributed by atoms with E-state index in [4.69, 9.17) is 4.74 Å². The van der Waals surface area contributed by atoms with Crippen molar-refractivity contribution in [1.29, 1.82) is 0 Å². The van der Waals surface area contributed by atoms with Crippen LogP contribution in [0.1, 0.15) is 10.4 Å². The molecule has 0 spiro atoms. The van der Waals surface area contributed by atoms with E-state index in [0.717, 1.165) is 0 Å². The van der Waals surface area contributed by atoms with Crippen molar-refractivity contribution >= 4 is 5.97 Å². The average Bonchev–Trinajstić information content (AvgIpc) is 2.57. The van der Waals surface area contributed by atoms with E-state index in [-0.39, 0.29) is 11.3 Å². The first kappa shape index (κ1) is 15.5. The van der Waals surface area contributed by atoms with Gasteiger partial charge in [0.2, 0.25) is 0 Å². The third kappa shape index (κ3) is 3.60. The summed E-state index contributed by atoms with van der Waals surface area (Å²) in [5.74, 6) is -1.05. The molecule has 0 radical (unpaired) electrons. The minimum atomic E-state index is -1.13. The SMILES string of the molecule is COc1ccc(C(=O)O)c(-c2ccc(F)cc2)nn(C)cc1. The van der Waals surface area contributed by atoms with E-state index in [1.807, 2.05) is 0 Å². The standard InChI is InChI=1S/C16H15FN2O3/c1-19-10-9-13(22-2)7-8-14(16(20)21)15(18-19)11-3-5-12(17)6-4-11/h3-10H,1-2H3,(H,20,21). The maximum atomic E-state index is 13.1. The van der Waals surface area contributed by atoms with Gasteiger partial charge >= 0.3 is 5.97 Å². The molecule has 1 aromatic carbocycles. The highest BCUT2D eigenvalue weighted by Gasteiger charge is 2.12. The van der Waals surface area contributed by atoms with Gasteiger partial charge in [-0.1, -0.05) is 0 Å².